The van der Waals surface area contributed by atoms with E-state index in [-0.39, 0.29) is 0 Å². The summed E-state index contributed by atoms with van der Waals surface area (Å²) in [7, 11) is 0. The molecule has 1 saturated heterocycles. The van der Waals surface area contributed by atoms with Crippen LogP contribution in [0.5, 0.6) is 0 Å². The lowest BCUT2D eigenvalue weighted by Crippen LogP contribution is -2.54. The lowest BCUT2D eigenvalue weighted by atomic mass is 10.1. The van der Waals surface area contributed by atoms with Crippen LogP contribution in [0.4, 0.5) is 18.9 Å². The highest BCUT2D eigenvalue weighted by molar-refractivity contribution is 5.50. The third-order valence-corrected chi connectivity index (χ3v) is 4.43. The fourth-order valence-electron chi connectivity index (χ4n) is 3.10. The van der Waals surface area contributed by atoms with E-state index >= 15 is 0 Å². The van der Waals surface area contributed by atoms with Crippen LogP contribution in [0.15, 0.2) is 66.7 Å². The number of alkyl halides is 3. The van der Waals surface area contributed by atoms with E-state index < -0.39 is 12.2 Å². The number of halogens is 3. The Morgan fingerprint density at radius 1 is 0.800 bits per heavy atom. The second-order valence-corrected chi connectivity index (χ2v) is 6.11. The van der Waals surface area contributed by atoms with Crippen molar-refractivity contribution >= 4 is 11.8 Å². The SMILES string of the molecule is FC(F)(F)C(/C=C/c1ccccc1)N1CCN(c2ccccc2)CC1. The Bertz CT molecular complexity index is 675. The smallest absolute Gasteiger partial charge is 0.369 e. The summed E-state index contributed by atoms with van der Waals surface area (Å²) < 4.78 is 40.6. The van der Waals surface area contributed by atoms with Crippen LogP contribution in [-0.4, -0.2) is 43.3 Å². The van der Waals surface area contributed by atoms with Crippen LogP contribution in [0.25, 0.3) is 6.08 Å². The maximum atomic E-state index is 13.5. The van der Waals surface area contributed by atoms with Gasteiger partial charge in [0.1, 0.15) is 6.04 Å². The summed E-state index contributed by atoms with van der Waals surface area (Å²) in [6, 6.07) is 17.4. The number of para-hydroxylation sites is 1. The molecule has 1 fully saturated rings. The van der Waals surface area contributed by atoms with Crippen molar-refractivity contribution in [2.45, 2.75) is 12.2 Å². The molecule has 1 atom stereocenters. The van der Waals surface area contributed by atoms with Gasteiger partial charge in [-0.3, -0.25) is 4.90 Å². The number of rotatable bonds is 4. The standard InChI is InChI=1S/C20H21F3N2/c21-20(22,23)19(12-11-17-7-3-1-4-8-17)25-15-13-24(14-16-25)18-9-5-2-6-10-18/h1-12,19H,13-16H2/b12-11+. The van der Waals surface area contributed by atoms with Crippen molar-refractivity contribution in [3.63, 3.8) is 0 Å². The van der Waals surface area contributed by atoms with E-state index in [2.05, 4.69) is 4.90 Å². The zero-order chi connectivity index (χ0) is 17.7. The largest absolute Gasteiger partial charge is 0.407 e. The van der Waals surface area contributed by atoms with E-state index in [4.69, 9.17) is 0 Å². The van der Waals surface area contributed by atoms with Gasteiger partial charge >= 0.3 is 6.18 Å². The Balaban J connectivity index is 1.68. The Morgan fingerprint density at radius 3 is 1.92 bits per heavy atom. The third-order valence-electron chi connectivity index (χ3n) is 4.43. The quantitative estimate of drug-likeness (QED) is 0.807. The molecule has 1 aliphatic heterocycles. The minimum Gasteiger partial charge on any atom is -0.369 e. The molecule has 2 aromatic carbocycles. The van der Waals surface area contributed by atoms with Crippen LogP contribution in [0.3, 0.4) is 0 Å². The molecule has 2 nitrogen and oxygen atoms in total. The molecule has 0 aliphatic carbocycles. The minimum atomic E-state index is -4.28. The normalized spacial score (nSPS) is 17.8. The van der Waals surface area contributed by atoms with Crippen LogP contribution < -0.4 is 4.90 Å². The molecular weight excluding hydrogens is 325 g/mol. The lowest BCUT2D eigenvalue weighted by molar-refractivity contribution is -0.170. The zero-order valence-corrected chi connectivity index (χ0v) is 13.9. The number of anilines is 1. The molecule has 1 aliphatic rings. The molecule has 0 N–H and O–H groups in total. The number of hydrogen-bond acceptors (Lipinski definition) is 2. The molecule has 1 unspecified atom stereocenters. The van der Waals surface area contributed by atoms with Gasteiger partial charge in [-0.15, -0.1) is 0 Å². The number of benzene rings is 2. The first-order chi connectivity index (χ1) is 12.0. The second-order valence-electron chi connectivity index (χ2n) is 6.11. The molecule has 2 aromatic rings. The zero-order valence-electron chi connectivity index (χ0n) is 13.9. The van der Waals surface area contributed by atoms with Crippen LogP contribution in [0.2, 0.25) is 0 Å². The predicted octanol–water partition coefficient (Wildman–Crippen LogP) is 4.45. The molecular formula is C20H21F3N2. The molecule has 0 aromatic heterocycles. The summed E-state index contributed by atoms with van der Waals surface area (Å²) in [4.78, 5) is 3.64. The van der Waals surface area contributed by atoms with Crippen molar-refractivity contribution in [3.05, 3.63) is 72.3 Å². The minimum absolute atomic E-state index is 0.387. The number of piperazine rings is 1. The van der Waals surface area contributed by atoms with Crippen molar-refractivity contribution in [1.29, 1.82) is 0 Å². The summed E-state index contributed by atoms with van der Waals surface area (Å²) in [6.07, 6.45) is -1.45. The monoisotopic (exact) mass is 346 g/mol. The van der Waals surface area contributed by atoms with Crippen LogP contribution in [0, 0.1) is 0 Å². The van der Waals surface area contributed by atoms with E-state index in [9.17, 15) is 13.2 Å². The van der Waals surface area contributed by atoms with Gasteiger partial charge in [-0.1, -0.05) is 60.7 Å². The van der Waals surface area contributed by atoms with E-state index in [0.29, 0.717) is 26.2 Å². The predicted molar refractivity (Wildman–Crippen MR) is 95.5 cm³/mol. The molecule has 0 amide bonds. The second kappa shape index (κ2) is 7.74. The van der Waals surface area contributed by atoms with Gasteiger partial charge in [0.25, 0.3) is 0 Å². The van der Waals surface area contributed by atoms with Crippen molar-refractivity contribution in [1.82, 2.24) is 4.90 Å². The van der Waals surface area contributed by atoms with Crippen molar-refractivity contribution < 1.29 is 13.2 Å². The Labute approximate surface area is 146 Å². The Hall–Kier alpha value is -2.27. The number of nitrogens with zero attached hydrogens (tertiary/aromatic N) is 2. The Morgan fingerprint density at radius 2 is 1.36 bits per heavy atom. The molecule has 0 saturated carbocycles. The van der Waals surface area contributed by atoms with Crippen LogP contribution in [0.1, 0.15) is 5.56 Å². The van der Waals surface area contributed by atoms with Gasteiger partial charge in [0, 0.05) is 31.9 Å². The van der Waals surface area contributed by atoms with E-state index in [1.807, 2.05) is 48.5 Å². The first-order valence-electron chi connectivity index (χ1n) is 8.38. The van der Waals surface area contributed by atoms with E-state index in [1.54, 1.807) is 18.2 Å². The van der Waals surface area contributed by atoms with Crippen molar-refractivity contribution in [2.24, 2.45) is 0 Å². The fourth-order valence-corrected chi connectivity index (χ4v) is 3.10. The number of hydrogen-bond donors (Lipinski definition) is 0. The van der Waals surface area contributed by atoms with E-state index in [1.165, 1.54) is 11.0 Å². The fraction of sp³-hybridized carbons (Fsp3) is 0.300. The molecule has 132 valence electrons. The highest BCUT2D eigenvalue weighted by atomic mass is 19.4. The molecule has 1 heterocycles. The van der Waals surface area contributed by atoms with Gasteiger partial charge in [0.15, 0.2) is 0 Å². The lowest BCUT2D eigenvalue weighted by Gasteiger charge is -2.39. The third kappa shape index (κ3) is 4.63. The average molecular weight is 346 g/mol. The van der Waals surface area contributed by atoms with Gasteiger partial charge in [-0.05, 0) is 17.7 Å². The maximum Gasteiger partial charge on any atom is 0.407 e. The molecule has 25 heavy (non-hydrogen) atoms. The first kappa shape index (κ1) is 17.5. The van der Waals surface area contributed by atoms with Gasteiger partial charge in [-0.25, -0.2) is 0 Å². The average Bonchev–Trinajstić information content (AvgIpc) is 2.63. The molecule has 0 bridgehead atoms. The summed E-state index contributed by atoms with van der Waals surface area (Å²) in [5.41, 5.74) is 1.84. The van der Waals surface area contributed by atoms with Gasteiger partial charge in [0.05, 0.1) is 0 Å². The summed E-state index contributed by atoms with van der Waals surface area (Å²) in [6.45, 7) is 1.96. The van der Waals surface area contributed by atoms with Gasteiger partial charge in [-0.2, -0.15) is 13.2 Å². The topological polar surface area (TPSA) is 6.48 Å². The maximum absolute atomic E-state index is 13.5. The summed E-state index contributed by atoms with van der Waals surface area (Å²) >= 11 is 0. The molecule has 3 rings (SSSR count). The highest BCUT2D eigenvalue weighted by Crippen LogP contribution is 2.28. The van der Waals surface area contributed by atoms with Crippen molar-refractivity contribution in [2.75, 3.05) is 31.1 Å². The molecule has 5 heteroatoms. The van der Waals surface area contributed by atoms with Crippen molar-refractivity contribution in [3.8, 4) is 0 Å². The summed E-state index contributed by atoms with van der Waals surface area (Å²) in [5.74, 6) is 0. The van der Waals surface area contributed by atoms with Crippen LogP contribution >= 0.6 is 0 Å². The van der Waals surface area contributed by atoms with Gasteiger partial charge < -0.3 is 4.90 Å². The summed E-state index contributed by atoms with van der Waals surface area (Å²) in [5, 5.41) is 0. The molecule has 0 radical (unpaired) electrons. The first-order valence-corrected chi connectivity index (χ1v) is 8.38. The van der Waals surface area contributed by atoms with Crippen LogP contribution in [-0.2, 0) is 0 Å². The molecule has 0 spiro atoms. The Kier molecular flexibility index (Phi) is 5.43. The highest BCUT2D eigenvalue weighted by Gasteiger charge is 2.42. The van der Waals surface area contributed by atoms with Gasteiger partial charge in [0.2, 0.25) is 0 Å². The van der Waals surface area contributed by atoms with E-state index in [0.717, 1.165) is 11.3 Å².